The molecule has 0 aliphatic carbocycles. The number of aromatic nitrogens is 3. The number of nitrogens with zero attached hydrogens (tertiary/aromatic N) is 3. The van der Waals surface area contributed by atoms with Crippen molar-refractivity contribution in [3.05, 3.63) is 46.7 Å². The Morgan fingerprint density at radius 1 is 1.25 bits per heavy atom. The molecule has 1 aromatic carbocycles. The van der Waals surface area contributed by atoms with Crippen LogP contribution < -0.4 is 0 Å². The lowest BCUT2D eigenvalue weighted by Gasteiger charge is -2.13. The Kier molecular flexibility index (Phi) is 6.05. The van der Waals surface area contributed by atoms with Gasteiger partial charge in [-0.1, -0.05) is 35.5 Å². The van der Waals surface area contributed by atoms with Crippen LogP contribution >= 0.6 is 23.4 Å². The second-order valence-electron chi connectivity index (χ2n) is 6.30. The van der Waals surface area contributed by atoms with Crippen molar-refractivity contribution in [1.29, 1.82) is 0 Å². The third-order valence-electron chi connectivity index (χ3n) is 4.10. The van der Waals surface area contributed by atoms with Gasteiger partial charge in [-0.3, -0.25) is 9.59 Å². The Bertz CT molecular complexity index is 1050. The largest absolute Gasteiger partial charge is 0.465 e. The van der Waals surface area contributed by atoms with Crippen molar-refractivity contribution in [1.82, 2.24) is 14.6 Å². The molecular formula is C20H20ClN3O3S. The summed E-state index contributed by atoms with van der Waals surface area (Å²) in [5, 5.41) is 4.96. The number of fused-ring (bicyclic) bond motifs is 1. The second kappa shape index (κ2) is 8.32. The number of carbonyl (C=O) groups is 2. The number of Topliss-reactive ketones (excluding diaryl/α,β-unsaturated/α-hetero) is 1. The number of hydrogen-bond donors (Lipinski definition) is 0. The maximum Gasteiger partial charge on any atom is 0.327 e. The predicted molar refractivity (Wildman–Crippen MR) is 110 cm³/mol. The molecule has 0 aliphatic heterocycles. The molecule has 3 rings (SSSR count). The lowest BCUT2D eigenvalue weighted by molar-refractivity contribution is -0.144. The molecular weight excluding hydrogens is 398 g/mol. The molecule has 0 unspecified atom stereocenters. The zero-order chi connectivity index (χ0) is 20.4. The molecule has 146 valence electrons. The number of aryl methyl sites for hydroxylation is 2. The molecule has 0 amide bonds. The molecule has 0 aliphatic rings. The van der Waals surface area contributed by atoms with Crippen molar-refractivity contribution >= 4 is 40.8 Å². The predicted octanol–water partition coefficient (Wildman–Crippen LogP) is 4.28. The number of hydrogen-bond acceptors (Lipinski definition) is 6. The summed E-state index contributed by atoms with van der Waals surface area (Å²) in [5.41, 5.74) is 4.04. The van der Waals surface area contributed by atoms with E-state index in [4.69, 9.17) is 16.3 Å². The van der Waals surface area contributed by atoms with Gasteiger partial charge in [-0.15, -0.1) is 0 Å². The first-order valence-electron chi connectivity index (χ1n) is 8.78. The van der Waals surface area contributed by atoms with Gasteiger partial charge in [0, 0.05) is 16.3 Å². The third kappa shape index (κ3) is 4.05. The summed E-state index contributed by atoms with van der Waals surface area (Å²) in [5.74, 6) is -0.822. The van der Waals surface area contributed by atoms with Crippen LogP contribution in [-0.4, -0.2) is 38.2 Å². The fourth-order valence-electron chi connectivity index (χ4n) is 2.89. The van der Waals surface area contributed by atoms with Gasteiger partial charge in [0.15, 0.2) is 16.7 Å². The molecule has 0 fully saturated rings. The minimum Gasteiger partial charge on any atom is -0.465 e. The summed E-state index contributed by atoms with van der Waals surface area (Å²) in [6.07, 6.45) is 0. The van der Waals surface area contributed by atoms with Gasteiger partial charge in [-0.05, 0) is 51.5 Å². The van der Waals surface area contributed by atoms with Crippen molar-refractivity contribution in [2.24, 2.45) is 0 Å². The number of carbonyl (C=O) groups excluding carboxylic acids is 2. The van der Waals surface area contributed by atoms with Crippen LogP contribution in [0.1, 0.15) is 25.2 Å². The maximum atomic E-state index is 12.2. The Balaban J connectivity index is 2.12. The lowest BCUT2D eigenvalue weighted by Crippen LogP contribution is -2.27. The molecule has 0 bridgehead atoms. The Hall–Kier alpha value is -2.38. The van der Waals surface area contributed by atoms with Crippen molar-refractivity contribution in [2.75, 3.05) is 6.61 Å². The van der Waals surface area contributed by atoms with Gasteiger partial charge >= 0.3 is 5.97 Å². The van der Waals surface area contributed by atoms with Crippen LogP contribution in [0.5, 0.6) is 0 Å². The summed E-state index contributed by atoms with van der Waals surface area (Å²) < 4.78 is 6.72. The fourth-order valence-corrected chi connectivity index (χ4v) is 4.05. The molecule has 0 radical (unpaired) electrons. The molecule has 2 heterocycles. The summed E-state index contributed by atoms with van der Waals surface area (Å²) in [6, 6.07) is 9.28. The molecule has 1 atom stereocenters. The molecule has 0 saturated carbocycles. The summed E-state index contributed by atoms with van der Waals surface area (Å²) in [6.45, 7) is 7.08. The zero-order valence-electron chi connectivity index (χ0n) is 16.0. The first-order valence-corrected chi connectivity index (χ1v) is 10.0. The van der Waals surface area contributed by atoms with Crippen molar-refractivity contribution < 1.29 is 14.3 Å². The number of rotatable bonds is 6. The zero-order valence-corrected chi connectivity index (χ0v) is 17.6. The third-order valence-corrected chi connectivity index (χ3v) is 5.65. The highest BCUT2D eigenvalue weighted by Crippen LogP contribution is 2.32. The Labute approximate surface area is 172 Å². The van der Waals surface area contributed by atoms with Gasteiger partial charge in [0.05, 0.1) is 12.3 Å². The molecule has 8 heteroatoms. The minimum atomic E-state index is -0.951. The van der Waals surface area contributed by atoms with E-state index in [0.29, 0.717) is 15.7 Å². The van der Waals surface area contributed by atoms with E-state index in [1.807, 2.05) is 44.2 Å². The van der Waals surface area contributed by atoms with Crippen LogP contribution in [0.2, 0.25) is 5.02 Å². The monoisotopic (exact) mass is 417 g/mol. The topological polar surface area (TPSA) is 73.6 Å². The maximum absolute atomic E-state index is 12.2. The van der Waals surface area contributed by atoms with E-state index in [9.17, 15) is 9.59 Å². The van der Waals surface area contributed by atoms with Gasteiger partial charge in [-0.2, -0.15) is 5.10 Å². The number of ketones is 1. The standard InChI is InChI=1S/C20H20ClN3O3S/c1-5-27-20(26)18(13(4)25)28-16-10-11(2)22-19-17(12(3)23-24(16)19)14-6-8-15(21)9-7-14/h6-10,18H,5H2,1-4H3/t18-/m1/s1. The second-order valence-corrected chi connectivity index (χ2v) is 7.86. The number of esters is 1. The van der Waals surface area contributed by atoms with Crippen LogP contribution in [0.3, 0.4) is 0 Å². The summed E-state index contributed by atoms with van der Waals surface area (Å²) in [7, 11) is 0. The molecule has 2 aromatic heterocycles. The molecule has 28 heavy (non-hydrogen) atoms. The SMILES string of the molecule is CCOC(=O)[C@H](Sc1cc(C)nc2c(-c3ccc(Cl)cc3)c(C)nn12)C(C)=O. The van der Waals surface area contributed by atoms with Crippen LogP contribution in [0, 0.1) is 13.8 Å². The molecule has 0 saturated heterocycles. The summed E-state index contributed by atoms with van der Waals surface area (Å²) >= 11 is 7.13. The normalized spacial score (nSPS) is 12.2. The van der Waals surface area contributed by atoms with E-state index in [2.05, 4.69) is 10.1 Å². The van der Waals surface area contributed by atoms with Crippen LogP contribution in [0.25, 0.3) is 16.8 Å². The highest BCUT2D eigenvalue weighted by Gasteiger charge is 2.28. The van der Waals surface area contributed by atoms with E-state index >= 15 is 0 Å². The average Bonchev–Trinajstić information content (AvgIpc) is 2.96. The van der Waals surface area contributed by atoms with Crippen molar-refractivity contribution in [3.8, 4) is 11.1 Å². The first kappa shape index (κ1) is 20.4. The Morgan fingerprint density at radius 2 is 1.93 bits per heavy atom. The number of ether oxygens (including phenoxy) is 1. The van der Waals surface area contributed by atoms with E-state index in [1.165, 1.54) is 6.92 Å². The fraction of sp³-hybridized carbons (Fsp3) is 0.300. The van der Waals surface area contributed by atoms with Crippen LogP contribution in [0.15, 0.2) is 35.4 Å². The van der Waals surface area contributed by atoms with E-state index in [-0.39, 0.29) is 12.4 Å². The van der Waals surface area contributed by atoms with Gasteiger partial charge in [0.1, 0.15) is 5.03 Å². The molecule has 6 nitrogen and oxygen atoms in total. The average molecular weight is 418 g/mol. The molecule has 3 aromatic rings. The van der Waals surface area contributed by atoms with E-state index in [1.54, 1.807) is 11.4 Å². The van der Waals surface area contributed by atoms with E-state index < -0.39 is 11.2 Å². The highest BCUT2D eigenvalue weighted by atomic mass is 35.5. The smallest absolute Gasteiger partial charge is 0.327 e. The molecule has 0 spiro atoms. The number of halogens is 1. The highest BCUT2D eigenvalue weighted by molar-refractivity contribution is 8.01. The van der Waals surface area contributed by atoms with Gasteiger partial charge in [0.2, 0.25) is 0 Å². The van der Waals surface area contributed by atoms with Gasteiger partial charge in [0.25, 0.3) is 0 Å². The number of benzene rings is 1. The van der Waals surface area contributed by atoms with Crippen LogP contribution in [-0.2, 0) is 14.3 Å². The molecule has 0 N–H and O–H groups in total. The van der Waals surface area contributed by atoms with Gasteiger partial charge in [-0.25, -0.2) is 9.50 Å². The van der Waals surface area contributed by atoms with E-state index in [0.717, 1.165) is 34.3 Å². The summed E-state index contributed by atoms with van der Waals surface area (Å²) in [4.78, 5) is 28.9. The minimum absolute atomic E-state index is 0.218. The van der Waals surface area contributed by atoms with Crippen molar-refractivity contribution in [2.45, 2.75) is 38.0 Å². The lowest BCUT2D eigenvalue weighted by atomic mass is 10.1. The number of thioether (sulfide) groups is 1. The van der Waals surface area contributed by atoms with Crippen LogP contribution in [0.4, 0.5) is 0 Å². The quantitative estimate of drug-likeness (QED) is 0.258. The Morgan fingerprint density at radius 3 is 2.54 bits per heavy atom. The van der Waals surface area contributed by atoms with Gasteiger partial charge < -0.3 is 4.74 Å². The first-order chi connectivity index (χ1) is 13.3. The van der Waals surface area contributed by atoms with Crippen molar-refractivity contribution in [3.63, 3.8) is 0 Å².